The van der Waals surface area contributed by atoms with Crippen molar-refractivity contribution in [3.05, 3.63) is 53.6 Å². The molecule has 0 bridgehead atoms. The number of nitrogen functional groups attached to an aromatic ring is 1. The predicted molar refractivity (Wildman–Crippen MR) is 83.4 cm³/mol. The molecular weight excluding hydrogens is 258 g/mol. The van der Waals surface area contributed by atoms with Crippen molar-refractivity contribution in [1.29, 1.82) is 0 Å². The van der Waals surface area contributed by atoms with Crippen LogP contribution in [0.2, 0.25) is 0 Å². The van der Waals surface area contributed by atoms with Crippen molar-refractivity contribution >= 4 is 29.2 Å². The van der Waals surface area contributed by atoms with E-state index in [2.05, 4.69) is 43.5 Å². The lowest BCUT2D eigenvalue weighted by Crippen LogP contribution is -1.89. The Balaban J connectivity index is 2.04. The first-order valence-corrected chi connectivity index (χ1v) is 8.02. The number of aryl methyl sites for hydroxylation is 1. The van der Waals surface area contributed by atoms with Crippen molar-refractivity contribution in [2.24, 2.45) is 0 Å². The normalized spacial score (nSPS) is 10.6. The fraction of sp³-hybridized carbons (Fsp3) is 0.200. The molecule has 0 fully saturated rings. The molecule has 2 rings (SSSR count). The maximum absolute atomic E-state index is 5.98. The van der Waals surface area contributed by atoms with Gasteiger partial charge in [0.05, 0.1) is 0 Å². The SMILES string of the molecule is CSc1ccc(CSc2cc(C)ccc2N)cc1. The van der Waals surface area contributed by atoms with E-state index in [-0.39, 0.29) is 0 Å². The molecule has 3 heteroatoms. The highest BCUT2D eigenvalue weighted by Gasteiger charge is 2.01. The molecule has 0 spiro atoms. The summed E-state index contributed by atoms with van der Waals surface area (Å²) in [6.07, 6.45) is 2.09. The fourth-order valence-electron chi connectivity index (χ4n) is 1.65. The molecule has 2 N–H and O–H groups in total. The van der Waals surface area contributed by atoms with E-state index >= 15 is 0 Å². The molecule has 18 heavy (non-hydrogen) atoms. The van der Waals surface area contributed by atoms with E-state index in [1.165, 1.54) is 20.9 Å². The summed E-state index contributed by atoms with van der Waals surface area (Å²) in [5.74, 6) is 0.961. The standard InChI is InChI=1S/C15H17NS2/c1-11-3-8-14(16)15(9-11)18-10-12-4-6-13(17-2)7-5-12/h3-9H,10,16H2,1-2H3. The maximum Gasteiger partial charge on any atom is 0.0452 e. The van der Waals surface area contributed by atoms with E-state index in [1.54, 1.807) is 23.5 Å². The molecule has 0 aliphatic carbocycles. The summed E-state index contributed by atoms with van der Waals surface area (Å²) in [5, 5.41) is 0. The maximum atomic E-state index is 5.98. The van der Waals surface area contributed by atoms with E-state index in [4.69, 9.17) is 5.73 Å². The van der Waals surface area contributed by atoms with Crippen LogP contribution in [0.3, 0.4) is 0 Å². The van der Waals surface area contributed by atoms with Crippen molar-refractivity contribution in [3.8, 4) is 0 Å². The third-order valence-electron chi connectivity index (χ3n) is 2.72. The quantitative estimate of drug-likeness (QED) is 0.653. The van der Waals surface area contributed by atoms with Crippen molar-refractivity contribution in [1.82, 2.24) is 0 Å². The second kappa shape index (κ2) is 6.21. The molecule has 0 saturated carbocycles. The summed E-state index contributed by atoms with van der Waals surface area (Å²) in [7, 11) is 0. The van der Waals surface area contributed by atoms with Crippen LogP contribution in [0.25, 0.3) is 0 Å². The molecule has 1 nitrogen and oxygen atoms in total. The van der Waals surface area contributed by atoms with Gasteiger partial charge < -0.3 is 5.73 Å². The molecule has 0 aliphatic heterocycles. The van der Waals surface area contributed by atoms with Gasteiger partial charge in [-0.2, -0.15) is 0 Å². The lowest BCUT2D eigenvalue weighted by Gasteiger charge is -2.07. The average molecular weight is 275 g/mol. The Morgan fingerprint density at radius 2 is 1.78 bits per heavy atom. The summed E-state index contributed by atoms with van der Waals surface area (Å²) in [6, 6.07) is 14.9. The van der Waals surface area contributed by atoms with Gasteiger partial charge in [-0.1, -0.05) is 18.2 Å². The van der Waals surface area contributed by atoms with Gasteiger partial charge in [0.15, 0.2) is 0 Å². The molecule has 2 aromatic rings. The van der Waals surface area contributed by atoms with E-state index in [0.29, 0.717) is 0 Å². The number of rotatable bonds is 4. The first kappa shape index (κ1) is 13.4. The number of hydrogen-bond acceptors (Lipinski definition) is 3. The van der Waals surface area contributed by atoms with Crippen LogP contribution >= 0.6 is 23.5 Å². The smallest absolute Gasteiger partial charge is 0.0452 e. The molecule has 0 atom stereocenters. The number of benzene rings is 2. The first-order chi connectivity index (χ1) is 8.69. The van der Waals surface area contributed by atoms with Gasteiger partial charge in [-0.25, -0.2) is 0 Å². The Kier molecular flexibility index (Phi) is 4.61. The number of thioether (sulfide) groups is 2. The zero-order valence-corrected chi connectivity index (χ0v) is 12.3. The van der Waals surface area contributed by atoms with Gasteiger partial charge in [0.1, 0.15) is 0 Å². The minimum absolute atomic E-state index is 0.867. The lowest BCUT2D eigenvalue weighted by molar-refractivity contribution is 1.32. The lowest BCUT2D eigenvalue weighted by atomic mass is 10.2. The monoisotopic (exact) mass is 275 g/mol. The molecule has 0 aromatic heterocycles. The summed E-state index contributed by atoms with van der Waals surface area (Å²) < 4.78 is 0. The van der Waals surface area contributed by atoms with Crippen LogP contribution in [0.1, 0.15) is 11.1 Å². The van der Waals surface area contributed by atoms with E-state index in [1.807, 2.05) is 12.1 Å². The Morgan fingerprint density at radius 1 is 1.06 bits per heavy atom. The largest absolute Gasteiger partial charge is 0.398 e. The van der Waals surface area contributed by atoms with Crippen molar-refractivity contribution in [2.45, 2.75) is 22.5 Å². The molecule has 0 heterocycles. The Morgan fingerprint density at radius 3 is 2.44 bits per heavy atom. The zero-order chi connectivity index (χ0) is 13.0. The molecular formula is C15H17NS2. The summed E-state index contributed by atoms with van der Waals surface area (Å²) >= 11 is 3.57. The highest BCUT2D eigenvalue weighted by molar-refractivity contribution is 7.99. The van der Waals surface area contributed by atoms with Gasteiger partial charge in [-0.05, 0) is 48.6 Å². The summed E-state index contributed by atoms with van der Waals surface area (Å²) in [6.45, 7) is 2.09. The van der Waals surface area contributed by atoms with Crippen molar-refractivity contribution in [2.75, 3.05) is 12.0 Å². The number of anilines is 1. The topological polar surface area (TPSA) is 26.0 Å². The fourth-order valence-corrected chi connectivity index (χ4v) is 3.08. The molecule has 0 amide bonds. The van der Waals surface area contributed by atoms with Gasteiger partial charge in [0, 0.05) is 21.2 Å². The van der Waals surface area contributed by atoms with Gasteiger partial charge >= 0.3 is 0 Å². The first-order valence-electron chi connectivity index (χ1n) is 5.81. The van der Waals surface area contributed by atoms with E-state index in [0.717, 1.165) is 11.4 Å². The summed E-state index contributed by atoms with van der Waals surface area (Å²) in [4.78, 5) is 2.47. The van der Waals surface area contributed by atoms with Crippen LogP contribution in [0.4, 0.5) is 5.69 Å². The van der Waals surface area contributed by atoms with Gasteiger partial charge in [0.2, 0.25) is 0 Å². The minimum Gasteiger partial charge on any atom is -0.398 e. The second-order valence-corrected chi connectivity index (χ2v) is 6.07. The Hall–Kier alpha value is -1.06. The van der Waals surface area contributed by atoms with Crippen LogP contribution < -0.4 is 5.73 Å². The van der Waals surface area contributed by atoms with E-state index in [9.17, 15) is 0 Å². The van der Waals surface area contributed by atoms with Crippen LogP contribution in [0.15, 0.2) is 52.3 Å². The average Bonchev–Trinajstić information content (AvgIpc) is 2.40. The molecule has 0 unspecified atom stereocenters. The molecule has 2 aromatic carbocycles. The third kappa shape index (κ3) is 3.47. The van der Waals surface area contributed by atoms with Crippen molar-refractivity contribution in [3.63, 3.8) is 0 Å². The molecule has 0 aliphatic rings. The predicted octanol–water partition coefficient (Wildman–Crippen LogP) is 4.59. The molecule has 0 radical (unpaired) electrons. The van der Waals surface area contributed by atoms with Crippen LogP contribution in [0.5, 0.6) is 0 Å². The number of nitrogens with two attached hydrogens (primary N) is 1. The van der Waals surface area contributed by atoms with Gasteiger partial charge in [0.25, 0.3) is 0 Å². The Labute approximate surface area is 117 Å². The zero-order valence-electron chi connectivity index (χ0n) is 10.6. The van der Waals surface area contributed by atoms with Crippen LogP contribution in [-0.4, -0.2) is 6.26 Å². The Bertz CT molecular complexity index is 521. The van der Waals surface area contributed by atoms with Gasteiger partial charge in [-0.15, -0.1) is 23.5 Å². The highest BCUT2D eigenvalue weighted by Crippen LogP contribution is 2.29. The summed E-state index contributed by atoms with van der Waals surface area (Å²) in [5.41, 5.74) is 9.43. The minimum atomic E-state index is 0.867. The van der Waals surface area contributed by atoms with Crippen LogP contribution in [0, 0.1) is 6.92 Å². The van der Waals surface area contributed by atoms with Crippen LogP contribution in [-0.2, 0) is 5.75 Å². The highest BCUT2D eigenvalue weighted by atomic mass is 32.2. The second-order valence-electron chi connectivity index (χ2n) is 4.18. The molecule has 0 saturated heterocycles. The van der Waals surface area contributed by atoms with Crippen molar-refractivity contribution < 1.29 is 0 Å². The third-order valence-corrected chi connectivity index (χ3v) is 4.61. The number of hydrogen-bond donors (Lipinski definition) is 1. The van der Waals surface area contributed by atoms with Gasteiger partial charge in [-0.3, -0.25) is 0 Å². The van der Waals surface area contributed by atoms with E-state index < -0.39 is 0 Å². The molecule has 94 valence electrons.